The molecule has 25 heavy (non-hydrogen) atoms. The van der Waals surface area contributed by atoms with Gasteiger partial charge in [0.05, 0.1) is 10.6 Å². The number of sulfone groups is 1. The molecule has 0 aliphatic carbocycles. The van der Waals surface area contributed by atoms with Crippen LogP contribution in [-0.2, 0) is 15.6 Å². The molecule has 1 atom stereocenters. The van der Waals surface area contributed by atoms with Crippen LogP contribution in [0.25, 0.3) is 0 Å². The van der Waals surface area contributed by atoms with Crippen LogP contribution in [0.2, 0.25) is 0 Å². The largest absolute Gasteiger partial charge is 0.333 e. The van der Waals surface area contributed by atoms with E-state index in [1.807, 2.05) is 25.1 Å². The molecule has 1 heterocycles. The molecule has 1 aliphatic rings. The summed E-state index contributed by atoms with van der Waals surface area (Å²) in [6.45, 7) is 4.11. The number of carbonyl (C=O) groups excluding carboxylic acids is 1. The van der Waals surface area contributed by atoms with Crippen molar-refractivity contribution in [3.8, 4) is 0 Å². The highest BCUT2D eigenvalue weighted by atomic mass is 32.2. The average molecular weight is 358 g/mol. The third-order valence-corrected chi connectivity index (χ3v) is 6.09. The minimum atomic E-state index is -3.50. The standard InChI is InChI=1S/C19H22N2O3S/c1-15-13-20-10-11-21(15)19(22)17-8-5-9-18(12-17)25(23,24)14-16-6-3-2-4-7-16/h2-9,12,15,20H,10-11,13-14H2,1H3. The van der Waals surface area contributed by atoms with Crippen molar-refractivity contribution in [3.63, 3.8) is 0 Å². The quantitative estimate of drug-likeness (QED) is 0.909. The summed E-state index contributed by atoms with van der Waals surface area (Å²) in [5.41, 5.74) is 1.15. The Balaban J connectivity index is 1.84. The highest BCUT2D eigenvalue weighted by Crippen LogP contribution is 2.19. The lowest BCUT2D eigenvalue weighted by Gasteiger charge is -2.34. The summed E-state index contributed by atoms with van der Waals surface area (Å²) in [4.78, 5) is 14.7. The molecular formula is C19H22N2O3S. The van der Waals surface area contributed by atoms with Crippen molar-refractivity contribution in [3.05, 3.63) is 65.7 Å². The molecule has 1 saturated heterocycles. The van der Waals surface area contributed by atoms with Gasteiger partial charge >= 0.3 is 0 Å². The third-order valence-electron chi connectivity index (χ3n) is 4.40. The fraction of sp³-hybridized carbons (Fsp3) is 0.316. The first-order chi connectivity index (χ1) is 12.0. The van der Waals surface area contributed by atoms with Crippen LogP contribution in [-0.4, -0.2) is 44.9 Å². The molecule has 2 aromatic carbocycles. The Kier molecular flexibility index (Phi) is 5.20. The van der Waals surface area contributed by atoms with Gasteiger partial charge in [-0.15, -0.1) is 0 Å². The molecule has 1 aliphatic heterocycles. The van der Waals surface area contributed by atoms with Gasteiger partial charge in [0, 0.05) is 31.2 Å². The van der Waals surface area contributed by atoms with Crippen LogP contribution in [0.5, 0.6) is 0 Å². The molecule has 0 saturated carbocycles. The zero-order valence-electron chi connectivity index (χ0n) is 14.2. The molecule has 3 rings (SSSR count). The lowest BCUT2D eigenvalue weighted by molar-refractivity contribution is 0.0655. The summed E-state index contributed by atoms with van der Waals surface area (Å²) in [7, 11) is -3.50. The van der Waals surface area contributed by atoms with Crippen LogP contribution in [0, 0.1) is 0 Å². The van der Waals surface area contributed by atoms with Crippen LogP contribution >= 0.6 is 0 Å². The van der Waals surface area contributed by atoms with Gasteiger partial charge in [-0.05, 0) is 30.7 Å². The van der Waals surface area contributed by atoms with Crippen LogP contribution < -0.4 is 5.32 Å². The molecule has 132 valence electrons. The van der Waals surface area contributed by atoms with Crippen LogP contribution in [0.15, 0.2) is 59.5 Å². The van der Waals surface area contributed by atoms with E-state index in [0.29, 0.717) is 12.1 Å². The van der Waals surface area contributed by atoms with Crippen LogP contribution in [0.3, 0.4) is 0 Å². The molecule has 0 aromatic heterocycles. The second-order valence-electron chi connectivity index (χ2n) is 6.32. The summed E-state index contributed by atoms with van der Waals surface area (Å²) < 4.78 is 25.4. The fourth-order valence-corrected chi connectivity index (χ4v) is 4.40. The van der Waals surface area contributed by atoms with Gasteiger partial charge in [-0.2, -0.15) is 0 Å². The zero-order valence-corrected chi connectivity index (χ0v) is 15.0. The Morgan fingerprint density at radius 1 is 1.16 bits per heavy atom. The van der Waals surface area contributed by atoms with Crippen molar-refractivity contribution in [2.75, 3.05) is 19.6 Å². The number of nitrogens with one attached hydrogen (secondary N) is 1. The van der Waals surface area contributed by atoms with Gasteiger partial charge in [0.1, 0.15) is 0 Å². The Morgan fingerprint density at radius 2 is 1.92 bits per heavy atom. The summed E-state index contributed by atoms with van der Waals surface area (Å²) in [6.07, 6.45) is 0. The number of rotatable bonds is 4. The molecular weight excluding hydrogens is 336 g/mol. The Bertz CT molecular complexity index is 850. The monoisotopic (exact) mass is 358 g/mol. The summed E-state index contributed by atoms with van der Waals surface area (Å²) in [5, 5.41) is 3.24. The lowest BCUT2D eigenvalue weighted by atomic mass is 10.1. The summed E-state index contributed by atoms with van der Waals surface area (Å²) in [6, 6.07) is 15.5. The van der Waals surface area contributed by atoms with Gasteiger partial charge in [0.2, 0.25) is 0 Å². The molecule has 1 unspecified atom stereocenters. The maximum Gasteiger partial charge on any atom is 0.254 e. The average Bonchev–Trinajstić information content (AvgIpc) is 2.62. The van der Waals surface area contributed by atoms with E-state index >= 15 is 0 Å². The fourth-order valence-electron chi connectivity index (χ4n) is 3.01. The predicted molar refractivity (Wildman–Crippen MR) is 97.1 cm³/mol. The van der Waals surface area contributed by atoms with Gasteiger partial charge in [0.15, 0.2) is 9.84 Å². The first kappa shape index (κ1) is 17.6. The van der Waals surface area contributed by atoms with Gasteiger partial charge in [-0.3, -0.25) is 4.79 Å². The third kappa shape index (κ3) is 4.08. The van der Waals surface area contributed by atoms with E-state index in [1.165, 1.54) is 6.07 Å². The number of hydrogen-bond acceptors (Lipinski definition) is 4. The zero-order chi connectivity index (χ0) is 17.9. The van der Waals surface area contributed by atoms with Crippen LogP contribution in [0.4, 0.5) is 0 Å². The minimum Gasteiger partial charge on any atom is -0.333 e. The molecule has 1 fully saturated rings. The Hall–Kier alpha value is -2.18. The van der Waals surface area contributed by atoms with Crippen molar-refractivity contribution in [1.29, 1.82) is 0 Å². The maximum absolute atomic E-state index is 12.8. The van der Waals surface area contributed by atoms with Gasteiger partial charge in [-0.1, -0.05) is 36.4 Å². The van der Waals surface area contributed by atoms with Crippen molar-refractivity contribution < 1.29 is 13.2 Å². The number of benzene rings is 2. The summed E-state index contributed by atoms with van der Waals surface area (Å²) >= 11 is 0. The SMILES string of the molecule is CC1CNCCN1C(=O)c1cccc(S(=O)(=O)Cc2ccccc2)c1. The molecule has 1 N–H and O–H groups in total. The molecule has 2 aromatic rings. The number of hydrogen-bond donors (Lipinski definition) is 1. The van der Waals surface area contributed by atoms with E-state index in [1.54, 1.807) is 35.2 Å². The van der Waals surface area contributed by atoms with Gasteiger partial charge in [-0.25, -0.2) is 8.42 Å². The number of nitrogens with zero attached hydrogens (tertiary/aromatic N) is 1. The van der Waals surface area contributed by atoms with E-state index in [-0.39, 0.29) is 22.6 Å². The van der Waals surface area contributed by atoms with Crippen molar-refractivity contribution in [1.82, 2.24) is 10.2 Å². The van der Waals surface area contributed by atoms with Crippen LogP contribution in [0.1, 0.15) is 22.8 Å². The molecule has 6 heteroatoms. The van der Waals surface area contributed by atoms with E-state index in [2.05, 4.69) is 5.32 Å². The highest BCUT2D eigenvalue weighted by Gasteiger charge is 2.25. The van der Waals surface area contributed by atoms with Crippen molar-refractivity contribution in [2.24, 2.45) is 0 Å². The van der Waals surface area contributed by atoms with Crippen molar-refractivity contribution in [2.45, 2.75) is 23.6 Å². The van der Waals surface area contributed by atoms with E-state index in [4.69, 9.17) is 0 Å². The normalized spacial score (nSPS) is 18.1. The van der Waals surface area contributed by atoms with E-state index in [9.17, 15) is 13.2 Å². The number of carbonyl (C=O) groups is 1. The topological polar surface area (TPSA) is 66.5 Å². The van der Waals surface area contributed by atoms with Crippen molar-refractivity contribution >= 4 is 15.7 Å². The molecule has 0 bridgehead atoms. The van der Waals surface area contributed by atoms with E-state index < -0.39 is 9.84 Å². The molecule has 0 spiro atoms. The Labute approximate surface area is 148 Å². The minimum absolute atomic E-state index is 0.0739. The predicted octanol–water partition coefficient (Wildman–Crippen LogP) is 2.09. The van der Waals surface area contributed by atoms with Gasteiger partial charge in [0.25, 0.3) is 5.91 Å². The first-order valence-electron chi connectivity index (χ1n) is 8.36. The lowest BCUT2D eigenvalue weighted by Crippen LogP contribution is -2.52. The summed E-state index contributed by atoms with van der Waals surface area (Å²) in [5.74, 6) is -0.194. The molecule has 0 radical (unpaired) electrons. The number of piperazine rings is 1. The molecule has 5 nitrogen and oxygen atoms in total. The van der Waals surface area contributed by atoms with E-state index in [0.717, 1.165) is 18.7 Å². The maximum atomic E-state index is 12.8. The van der Waals surface area contributed by atoms with Gasteiger partial charge < -0.3 is 10.2 Å². The second kappa shape index (κ2) is 7.37. The highest BCUT2D eigenvalue weighted by molar-refractivity contribution is 7.90. The second-order valence-corrected chi connectivity index (χ2v) is 8.31. The molecule has 1 amide bonds. The smallest absolute Gasteiger partial charge is 0.254 e. The first-order valence-corrected chi connectivity index (χ1v) is 10.0. The number of amides is 1. The Morgan fingerprint density at radius 3 is 2.64 bits per heavy atom.